The summed E-state index contributed by atoms with van der Waals surface area (Å²) < 4.78 is 5.43. The van der Waals surface area contributed by atoms with Crippen LogP contribution in [0.5, 0.6) is 5.88 Å². The summed E-state index contributed by atoms with van der Waals surface area (Å²) in [6.07, 6.45) is 3.23. The van der Waals surface area contributed by atoms with Crippen LogP contribution in [0.1, 0.15) is 6.92 Å². The number of nitrogens with zero attached hydrogens (tertiary/aromatic N) is 3. The van der Waals surface area contributed by atoms with Gasteiger partial charge in [0.05, 0.1) is 6.33 Å². The molecule has 2 heterocycles. The first-order valence-corrected chi connectivity index (χ1v) is 5.03. The third-order valence-electron chi connectivity index (χ3n) is 1.93. The van der Waals surface area contributed by atoms with Gasteiger partial charge in [-0.2, -0.15) is 9.97 Å². The fourth-order valence-corrected chi connectivity index (χ4v) is 1.29. The molecule has 0 bridgehead atoms. The van der Waals surface area contributed by atoms with E-state index in [9.17, 15) is 0 Å². The Morgan fingerprint density at radius 3 is 3.19 bits per heavy atom. The molecule has 0 saturated carbocycles. The summed E-state index contributed by atoms with van der Waals surface area (Å²) in [5.41, 5.74) is 1.29. The lowest BCUT2D eigenvalue weighted by Crippen LogP contribution is -2.05. The van der Waals surface area contributed by atoms with E-state index >= 15 is 0 Å². The lowest BCUT2D eigenvalue weighted by atomic mass is 10.5. The lowest BCUT2D eigenvalue weighted by Gasteiger charge is -2.06. The number of fused-ring (bicyclic) bond motifs is 1. The first kappa shape index (κ1) is 10.4. The summed E-state index contributed by atoms with van der Waals surface area (Å²) in [4.78, 5) is 15.5. The number of imidazole rings is 1. The van der Waals surface area contributed by atoms with Crippen molar-refractivity contribution in [3.05, 3.63) is 19.0 Å². The van der Waals surface area contributed by atoms with Crippen molar-refractivity contribution in [2.75, 3.05) is 18.5 Å². The molecular weight excluding hydrogens is 206 g/mol. The third kappa shape index (κ3) is 1.95. The molecule has 0 atom stereocenters. The lowest BCUT2D eigenvalue weighted by molar-refractivity contribution is 0.353. The number of anilines is 1. The highest BCUT2D eigenvalue weighted by molar-refractivity contribution is 5.76. The van der Waals surface area contributed by atoms with Gasteiger partial charge < -0.3 is 15.0 Å². The Morgan fingerprint density at radius 1 is 1.56 bits per heavy atom. The Kier molecular flexibility index (Phi) is 3.00. The Hall–Kier alpha value is -2.11. The molecule has 84 valence electrons. The van der Waals surface area contributed by atoms with Crippen molar-refractivity contribution in [2.45, 2.75) is 6.92 Å². The van der Waals surface area contributed by atoms with Gasteiger partial charge >= 0.3 is 0 Å². The van der Waals surface area contributed by atoms with Crippen molar-refractivity contribution in [3.63, 3.8) is 0 Å². The van der Waals surface area contributed by atoms with E-state index in [-0.39, 0.29) is 0 Å². The van der Waals surface area contributed by atoms with Crippen molar-refractivity contribution >= 4 is 17.1 Å². The van der Waals surface area contributed by atoms with Gasteiger partial charge in [0, 0.05) is 6.54 Å². The highest BCUT2D eigenvalue weighted by atomic mass is 16.5. The van der Waals surface area contributed by atoms with Gasteiger partial charge in [0.25, 0.3) is 0 Å². The van der Waals surface area contributed by atoms with Crippen LogP contribution in [0, 0.1) is 0 Å². The fraction of sp³-hybridized carbons (Fsp3) is 0.300. The molecule has 2 aromatic rings. The highest BCUT2D eigenvalue weighted by Gasteiger charge is 2.09. The summed E-state index contributed by atoms with van der Waals surface area (Å²) >= 11 is 0. The van der Waals surface area contributed by atoms with Crippen LogP contribution in [-0.4, -0.2) is 33.1 Å². The zero-order chi connectivity index (χ0) is 11.4. The van der Waals surface area contributed by atoms with E-state index in [0.29, 0.717) is 29.6 Å². The quantitative estimate of drug-likeness (QED) is 0.742. The monoisotopic (exact) mass is 219 g/mol. The first-order chi connectivity index (χ1) is 7.85. The molecule has 2 N–H and O–H groups in total. The average molecular weight is 219 g/mol. The largest absolute Gasteiger partial charge is 0.472 e. The SMILES string of the molecule is C=CCOc1nc(NCC)nc2nc[nH]c12. The maximum Gasteiger partial charge on any atom is 0.245 e. The van der Waals surface area contributed by atoms with Crippen LogP contribution in [0.25, 0.3) is 11.2 Å². The zero-order valence-electron chi connectivity index (χ0n) is 9.03. The van der Waals surface area contributed by atoms with E-state index in [0.717, 1.165) is 6.54 Å². The topological polar surface area (TPSA) is 75.7 Å². The maximum atomic E-state index is 5.43. The molecule has 2 aromatic heterocycles. The van der Waals surface area contributed by atoms with Gasteiger partial charge in [0.15, 0.2) is 5.65 Å². The predicted octanol–water partition coefficient (Wildman–Crippen LogP) is 1.35. The molecule has 0 unspecified atom stereocenters. The summed E-state index contributed by atoms with van der Waals surface area (Å²) in [5, 5.41) is 3.02. The second kappa shape index (κ2) is 4.61. The zero-order valence-corrected chi connectivity index (χ0v) is 9.03. The molecule has 6 nitrogen and oxygen atoms in total. The number of aromatic amines is 1. The molecule has 2 rings (SSSR count). The Morgan fingerprint density at radius 2 is 2.44 bits per heavy atom. The van der Waals surface area contributed by atoms with Crippen LogP contribution in [0.15, 0.2) is 19.0 Å². The molecule has 0 aliphatic heterocycles. The van der Waals surface area contributed by atoms with Crippen LogP contribution in [0.2, 0.25) is 0 Å². The normalized spacial score (nSPS) is 10.3. The van der Waals surface area contributed by atoms with E-state index in [2.05, 4.69) is 31.8 Å². The number of aromatic nitrogens is 4. The number of hydrogen-bond donors (Lipinski definition) is 2. The Bertz CT molecular complexity index is 493. The van der Waals surface area contributed by atoms with E-state index < -0.39 is 0 Å². The van der Waals surface area contributed by atoms with Crippen LogP contribution in [0.4, 0.5) is 5.95 Å². The van der Waals surface area contributed by atoms with Gasteiger partial charge in [-0.15, -0.1) is 0 Å². The number of hydrogen-bond acceptors (Lipinski definition) is 5. The third-order valence-corrected chi connectivity index (χ3v) is 1.93. The number of rotatable bonds is 5. The van der Waals surface area contributed by atoms with E-state index in [1.807, 2.05) is 6.92 Å². The van der Waals surface area contributed by atoms with Gasteiger partial charge in [-0.25, -0.2) is 4.98 Å². The summed E-state index contributed by atoms with van der Waals surface area (Å²) in [5.74, 6) is 1.000. The number of H-pyrrole nitrogens is 1. The number of nitrogens with one attached hydrogen (secondary N) is 2. The Balaban J connectivity index is 2.41. The average Bonchev–Trinajstić information content (AvgIpc) is 2.74. The van der Waals surface area contributed by atoms with Crippen molar-refractivity contribution in [1.29, 1.82) is 0 Å². The summed E-state index contributed by atoms with van der Waals surface area (Å²) in [6, 6.07) is 0. The number of ether oxygens (including phenoxy) is 1. The molecule has 0 aromatic carbocycles. The highest BCUT2D eigenvalue weighted by Crippen LogP contribution is 2.20. The predicted molar refractivity (Wildman–Crippen MR) is 61.5 cm³/mol. The van der Waals surface area contributed by atoms with Gasteiger partial charge in [-0.1, -0.05) is 12.7 Å². The molecule has 0 radical (unpaired) electrons. The van der Waals surface area contributed by atoms with Gasteiger partial charge in [-0.3, -0.25) is 0 Å². The minimum atomic E-state index is 0.400. The second-order valence-corrected chi connectivity index (χ2v) is 3.08. The minimum absolute atomic E-state index is 0.400. The molecule has 16 heavy (non-hydrogen) atoms. The molecule has 0 amide bonds. The van der Waals surface area contributed by atoms with Crippen molar-refractivity contribution in [1.82, 2.24) is 19.9 Å². The van der Waals surface area contributed by atoms with Crippen molar-refractivity contribution in [2.24, 2.45) is 0 Å². The molecule has 0 aliphatic carbocycles. The Labute approximate surface area is 92.8 Å². The molecule has 0 saturated heterocycles. The van der Waals surface area contributed by atoms with Crippen LogP contribution >= 0.6 is 0 Å². The smallest absolute Gasteiger partial charge is 0.245 e. The van der Waals surface area contributed by atoms with Gasteiger partial charge in [0.2, 0.25) is 11.8 Å². The van der Waals surface area contributed by atoms with Crippen molar-refractivity contribution < 1.29 is 4.74 Å². The van der Waals surface area contributed by atoms with Crippen LogP contribution in [0.3, 0.4) is 0 Å². The van der Waals surface area contributed by atoms with E-state index in [1.54, 1.807) is 12.4 Å². The maximum absolute atomic E-state index is 5.43. The fourth-order valence-electron chi connectivity index (χ4n) is 1.29. The minimum Gasteiger partial charge on any atom is -0.472 e. The first-order valence-electron chi connectivity index (χ1n) is 5.03. The summed E-state index contributed by atoms with van der Waals surface area (Å²) in [6.45, 7) is 6.71. The van der Waals surface area contributed by atoms with E-state index in [4.69, 9.17) is 4.74 Å². The van der Waals surface area contributed by atoms with Gasteiger partial charge in [-0.05, 0) is 6.92 Å². The molecule has 0 aliphatic rings. The molecular formula is C10H13N5O. The molecule has 6 heteroatoms. The van der Waals surface area contributed by atoms with Crippen LogP contribution in [-0.2, 0) is 0 Å². The standard InChI is InChI=1S/C10H13N5O/c1-3-5-16-9-7-8(13-6-12-7)14-10(15-9)11-4-2/h3,6H,1,4-5H2,2H3,(H2,11,12,13,14,15). The summed E-state index contributed by atoms with van der Waals surface area (Å²) in [7, 11) is 0. The van der Waals surface area contributed by atoms with Crippen molar-refractivity contribution in [3.8, 4) is 5.88 Å². The van der Waals surface area contributed by atoms with Crippen LogP contribution < -0.4 is 10.1 Å². The van der Waals surface area contributed by atoms with E-state index in [1.165, 1.54) is 0 Å². The van der Waals surface area contributed by atoms with Gasteiger partial charge in [0.1, 0.15) is 12.1 Å². The second-order valence-electron chi connectivity index (χ2n) is 3.08. The molecule has 0 fully saturated rings. The molecule has 0 spiro atoms.